The molecule has 1 N–H and O–H groups in total. The van der Waals surface area contributed by atoms with Gasteiger partial charge in [0.15, 0.2) is 0 Å². The standard InChI is InChI=1S/C11H6BrCl2FOS/c12-7-4-9(17-11(7)14)10(16)6-3-5(15)1-2-8(6)13/h1-4,10,16H. The molecule has 1 atom stereocenters. The molecule has 0 amide bonds. The minimum Gasteiger partial charge on any atom is -0.383 e. The summed E-state index contributed by atoms with van der Waals surface area (Å²) in [7, 11) is 0. The van der Waals surface area contributed by atoms with Crippen molar-refractivity contribution in [1.82, 2.24) is 0 Å². The summed E-state index contributed by atoms with van der Waals surface area (Å²) < 4.78 is 14.3. The van der Waals surface area contributed by atoms with Gasteiger partial charge < -0.3 is 5.11 Å². The minimum absolute atomic E-state index is 0.319. The molecule has 0 aliphatic heterocycles. The van der Waals surface area contributed by atoms with Gasteiger partial charge in [0.1, 0.15) is 16.3 Å². The Labute approximate surface area is 120 Å². The van der Waals surface area contributed by atoms with Crippen LogP contribution in [0.2, 0.25) is 9.36 Å². The summed E-state index contributed by atoms with van der Waals surface area (Å²) in [5.41, 5.74) is 0.331. The third kappa shape index (κ3) is 2.83. The maximum atomic E-state index is 13.1. The van der Waals surface area contributed by atoms with E-state index < -0.39 is 11.9 Å². The smallest absolute Gasteiger partial charge is 0.123 e. The van der Waals surface area contributed by atoms with Crippen molar-refractivity contribution in [2.24, 2.45) is 0 Å². The quantitative estimate of drug-likeness (QED) is 0.800. The Morgan fingerprint density at radius 3 is 2.59 bits per heavy atom. The first-order valence-corrected chi connectivity index (χ1v) is 6.93. The molecule has 0 saturated heterocycles. The van der Waals surface area contributed by atoms with Crippen LogP contribution in [0.25, 0.3) is 0 Å². The van der Waals surface area contributed by atoms with Crippen molar-refractivity contribution < 1.29 is 9.50 Å². The van der Waals surface area contributed by atoms with Crippen molar-refractivity contribution in [3.8, 4) is 0 Å². The number of hydrogen-bond donors (Lipinski definition) is 1. The van der Waals surface area contributed by atoms with Gasteiger partial charge in [0.05, 0.1) is 0 Å². The second-order valence-corrected chi connectivity index (χ2v) is 6.29. The first kappa shape index (κ1) is 13.3. The molecule has 0 spiro atoms. The Morgan fingerprint density at radius 2 is 2.00 bits per heavy atom. The molecule has 1 aromatic heterocycles. The van der Waals surface area contributed by atoms with Gasteiger partial charge in [-0.1, -0.05) is 23.2 Å². The molecule has 0 saturated carbocycles. The van der Waals surface area contributed by atoms with E-state index in [2.05, 4.69) is 15.9 Å². The molecular formula is C11H6BrCl2FOS. The number of aliphatic hydroxyl groups excluding tert-OH is 1. The summed E-state index contributed by atoms with van der Waals surface area (Å²) in [6.45, 7) is 0. The van der Waals surface area contributed by atoms with E-state index in [-0.39, 0.29) is 0 Å². The number of halogens is 4. The molecule has 1 unspecified atom stereocenters. The van der Waals surface area contributed by atoms with E-state index >= 15 is 0 Å². The van der Waals surface area contributed by atoms with Gasteiger partial charge >= 0.3 is 0 Å². The molecule has 1 heterocycles. The van der Waals surface area contributed by atoms with Crippen LogP contribution in [0.3, 0.4) is 0 Å². The van der Waals surface area contributed by atoms with Crippen LogP contribution < -0.4 is 0 Å². The normalized spacial score (nSPS) is 12.8. The molecule has 17 heavy (non-hydrogen) atoms. The number of rotatable bonds is 2. The van der Waals surface area contributed by atoms with E-state index in [9.17, 15) is 9.50 Å². The Kier molecular flexibility index (Phi) is 4.10. The predicted molar refractivity (Wildman–Crippen MR) is 72.5 cm³/mol. The number of hydrogen-bond acceptors (Lipinski definition) is 2. The molecule has 0 aliphatic rings. The van der Waals surface area contributed by atoms with E-state index in [1.54, 1.807) is 6.07 Å². The van der Waals surface area contributed by atoms with Crippen molar-refractivity contribution >= 4 is 50.5 Å². The fraction of sp³-hybridized carbons (Fsp3) is 0.0909. The van der Waals surface area contributed by atoms with Crippen LogP contribution >= 0.6 is 50.5 Å². The fourth-order valence-corrected chi connectivity index (χ4v) is 3.34. The molecule has 0 radical (unpaired) electrons. The van der Waals surface area contributed by atoms with Gasteiger partial charge in [-0.05, 0) is 40.2 Å². The highest BCUT2D eigenvalue weighted by Crippen LogP contribution is 2.38. The fourth-order valence-electron chi connectivity index (χ4n) is 1.38. The lowest BCUT2D eigenvalue weighted by atomic mass is 10.1. The summed E-state index contributed by atoms with van der Waals surface area (Å²) >= 11 is 16.3. The van der Waals surface area contributed by atoms with Crippen LogP contribution in [0.15, 0.2) is 28.7 Å². The Hall–Kier alpha value is -0.130. The second-order valence-electron chi connectivity index (χ2n) is 3.34. The van der Waals surface area contributed by atoms with Crippen molar-refractivity contribution in [3.63, 3.8) is 0 Å². The number of aliphatic hydroxyl groups is 1. The largest absolute Gasteiger partial charge is 0.383 e. The SMILES string of the molecule is OC(c1cc(Br)c(Cl)s1)c1cc(F)ccc1Cl. The van der Waals surface area contributed by atoms with Crippen LogP contribution in [-0.4, -0.2) is 5.11 Å². The summed E-state index contributed by atoms with van der Waals surface area (Å²) in [6, 6.07) is 5.57. The van der Waals surface area contributed by atoms with Gasteiger partial charge in [-0.15, -0.1) is 11.3 Å². The lowest BCUT2D eigenvalue weighted by molar-refractivity contribution is 0.223. The third-order valence-corrected chi connectivity index (χ3v) is 5.06. The van der Waals surface area contributed by atoms with Crippen molar-refractivity contribution in [2.45, 2.75) is 6.10 Å². The van der Waals surface area contributed by atoms with E-state index in [1.807, 2.05) is 0 Å². The zero-order chi connectivity index (χ0) is 12.6. The van der Waals surface area contributed by atoms with E-state index in [0.717, 1.165) is 0 Å². The van der Waals surface area contributed by atoms with Crippen LogP contribution in [0.1, 0.15) is 16.5 Å². The Balaban J connectivity index is 2.42. The van der Waals surface area contributed by atoms with E-state index in [4.69, 9.17) is 23.2 Å². The summed E-state index contributed by atoms with van der Waals surface area (Å²) in [4.78, 5) is 0.606. The molecule has 2 aromatic rings. The molecule has 1 nitrogen and oxygen atoms in total. The highest BCUT2D eigenvalue weighted by Gasteiger charge is 2.18. The van der Waals surface area contributed by atoms with Gasteiger partial charge in [-0.3, -0.25) is 0 Å². The molecule has 90 valence electrons. The predicted octanol–water partition coefficient (Wildman–Crippen LogP) is 5.04. The average Bonchev–Trinajstić information content (AvgIpc) is 2.62. The molecule has 2 rings (SSSR count). The average molecular weight is 356 g/mol. The van der Waals surface area contributed by atoms with Crippen molar-refractivity contribution in [1.29, 1.82) is 0 Å². The van der Waals surface area contributed by atoms with Gasteiger partial charge in [-0.25, -0.2) is 4.39 Å². The van der Waals surface area contributed by atoms with Crippen LogP contribution in [0, 0.1) is 5.82 Å². The van der Waals surface area contributed by atoms with E-state index in [0.29, 0.717) is 24.3 Å². The van der Waals surface area contributed by atoms with Crippen LogP contribution in [0.5, 0.6) is 0 Å². The third-order valence-electron chi connectivity index (χ3n) is 2.19. The summed E-state index contributed by atoms with van der Waals surface area (Å²) in [5, 5.41) is 10.4. The summed E-state index contributed by atoms with van der Waals surface area (Å²) in [6.07, 6.45) is -0.980. The number of benzene rings is 1. The van der Waals surface area contributed by atoms with Gasteiger partial charge in [-0.2, -0.15) is 0 Å². The summed E-state index contributed by atoms with van der Waals surface area (Å²) in [5.74, 6) is -0.440. The van der Waals surface area contributed by atoms with Crippen molar-refractivity contribution in [2.75, 3.05) is 0 Å². The zero-order valence-corrected chi connectivity index (χ0v) is 12.2. The molecule has 0 fully saturated rings. The maximum Gasteiger partial charge on any atom is 0.123 e. The van der Waals surface area contributed by atoms with E-state index in [1.165, 1.54) is 29.5 Å². The van der Waals surface area contributed by atoms with Crippen molar-refractivity contribution in [3.05, 3.63) is 54.4 Å². The lowest BCUT2D eigenvalue weighted by Crippen LogP contribution is -1.98. The highest BCUT2D eigenvalue weighted by atomic mass is 79.9. The molecular weight excluding hydrogens is 350 g/mol. The lowest BCUT2D eigenvalue weighted by Gasteiger charge is -2.10. The maximum absolute atomic E-state index is 13.1. The van der Waals surface area contributed by atoms with Crippen LogP contribution in [0.4, 0.5) is 4.39 Å². The Bertz CT molecular complexity index is 539. The zero-order valence-electron chi connectivity index (χ0n) is 8.25. The molecule has 0 aliphatic carbocycles. The first-order valence-electron chi connectivity index (χ1n) is 4.57. The van der Waals surface area contributed by atoms with Gasteiger partial charge in [0.2, 0.25) is 0 Å². The minimum atomic E-state index is -0.980. The van der Waals surface area contributed by atoms with Gasteiger partial charge in [0, 0.05) is 19.9 Å². The Morgan fingerprint density at radius 1 is 1.29 bits per heavy atom. The highest BCUT2D eigenvalue weighted by molar-refractivity contribution is 9.10. The van der Waals surface area contributed by atoms with Gasteiger partial charge in [0.25, 0.3) is 0 Å². The van der Waals surface area contributed by atoms with Crippen LogP contribution in [-0.2, 0) is 0 Å². The second kappa shape index (κ2) is 5.24. The first-order chi connectivity index (χ1) is 7.99. The molecule has 0 bridgehead atoms. The molecule has 1 aromatic carbocycles. The number of thiophene rings is 1. The monoisotopic (exact) mass is 354 g/mol. The topological polar surface area (TPSA) is 20.2 Å². The molecule has 6 heteroatoms.